The van der Waals surface area contributed by atoms with E-state index in [1.165, 1.54) is 0 Å². The fourth-order valence-electron chi connectivity index (χ4n) is 1.95. The van der Waals surface area contributed by atoms with Crippen LogP contribution >= 0.6 is 11.6 Å². The third-order valence-electron chi connectivity index (χ3n) is 2.88. The molecule has 4 heteroatoms. The Labute approximate surface area is 124 Å². The molecule has 0 bridgehead atoms. The van der Waals surface area contributed by atoms with Crippen LogP contribution in [-0.2, 0) is 17.8 Å². The second-order valence-electron chi connectivity index (χ2n) is 4.47. The summed E-state index contributed by atoms with van der Waals surface area (Å²) in [6.07, 6.45) is 0.766. The second-order valence-corrected chi connectivity index (χ2v) is 4.88. The van der Waals surface area contributed by atoms with E-state index in [9.17, 15) is 0 Å². The van der Waals surface area contributed by atoms with Gasteiger partial charge in [0, 0.05) is 12.1 Å². The number of nitrogens with two attached hydrogens (primary N) is 1. The molecule has 2 N–H and O–H groups in total. The molecule has 0 atom stereocenters. The Morgan fingerprint density at radius 1 is 1.10 bits per heavy atom. The van der Waals surface area contributed by atoms with Gasteiger partial charge in [0.25, 0.3) is 0 Å². The molecule has 0 aliphatic rings. The van der Waals surface area contributed by atoms with Gasteiger partial charge in [0.2, 0.25) is 0 Å². The largest absolute Gasteiger partial charge is 0.457 e. The minimum atomic E-state index is 0.563. The molecular formula is C16H18ClNO2. The van der Waals surface area contributed by atoms with E-state index in [4.69, 9.17) is 26.8 Å². The van der Waals surface area contributed by atoms with Gasteiger partial charge in [0.1, 0.15) is 11.5 Å². The molecule has 0 amide bonds. The number of hydrogen-bond acceptors (Lipinski definition) is 3. The molecule has 0 aliphatic carbocycles. The van der Waals surface area contributed by atoms with Gasteiger partial charge < -0.3 is 15.2 Å². The number of rotatable bonds is 6. The van der Waals surface area contributed by atoms with Crippen molar-refractivity contribution in [2.75, 3.05) is 13.7 Å². The van der Waals surface area contributed by atoms with Gasteiger partial charge in [-0.3, -0.25) is 0 Å². The lowest BCUT2D eigenvalue weighted by Crippen LogP contribution is -2.03. The number of benzene rings is 2. The molecule has 3 nitrogen and oxygen atoms in total. The van der Waals surface area contributed by atoms with Crippen LogP contribution in [-0.4, -0.2) is 13.7 Å². The number of hydrogen-bond donors (Lipinski definition) is 1. The molecule has 0 spiro atoms. The van der Waals surface area contributed by atoms with Crippen molar-refractivity contribution in [2.24, 2.45) is 5.73 Å². The van der Waals surface area contributed by atoms with Gasteiger partial charge in [-0.2, -0.15) is 0 Å². The van der Waals surface area contributed by atoms with Crippen molar-refractivity contribution in [2.45, 2.75) is 13.0 Å². The first kappa shape index (κ1) is 14.9. The van der Waals surface area contributed by atoms with Gasteiger partial charge in [-0.05, 0) is 48.4 Å². The lowest BCUT2D eigenvalue weighted by atomic mass is 10.1. The SMILES string of the molecule is COCc1cccc(Oc2ccc(CCN)c(Cl)c2)c1. The highest BCUT2D eigenvalue weighted by atomic mass is 35.5. The molecule has 0 fully saturated rings. The van der Waals surface area contributed by atoms with Gasteiger partial charge in [-0.15, -0.1) is 0 Å². The summed E-state index contributed by atoms with van der Waals surface area (Å²) in [7, 11) is 1.67. The smallest absolute Gasteiger partial charge is 0.128 e. The summed E-state index contributed by atoms with van der Waals surface area (Å²) in [5.41, 5.74) is 7.64. The molecule has 106 valence electrons. The first-order valence-electron chi connectivity index (χ1n) is 6.47. The second kappa shape index (κ2) is 7.29. The van der Waals surface area contributed by atoms with Crippen molar-refractivity contribution in [3.8, 4) is 11.5 Å². The fraction of sp³-hybridized carbons (Fsp3) is 0.250. The standard InChI is InChI=1S/C16H18ClNO2/c1-19-11-12-3-2-4-14(9-12)20-15-6-5-13(7-8-18)16(17)10-15/h2-6,9-10H,7-8,11,18H2,1H3. The summed E-state index contributed by atoms with van der Waals surface area (Å²) in [4.78, 5) is 0. The summed E-state index contributed by atoms with van der Waals surface area (Å²) >= 11 is 6.20. The molecule has 20 heavy (non-hydrogen) atoms. The normalized spacial score (nSPS) is 10.6. The molecule has 0 saturated carbocycles. The van der Waals surface area contributed by atoms with Gasteiger partial charge in [-0.1, -0.05) is 29.8 Å². The van der Waals surface area contributed by atoms with E-state index in [2.05, 4.69) is 0 Å². The van der Waals surface area contributed by atoms with Crippen LogP contribution in [0.15, 0.2) is 42.5 Å². The molecular weight excluding hydrogens is 274 g/mol. The zero-order valence-electron chi connectivity index (χ0n) is 11.4. The number of halogens is 1. The summed E-state index contributed by atoms with van der Waals surface area (Å²) in [6.45, 7) is 1.15. The molecule has 2 aromatic rings. The van der Waals surface area contributed by atoms with Crippen LogP contribution < -0.4 is 10.5 Å². The van der Waals surface area contributed by atoms with Crippen molar-refractivity contribution < 1.29 is 9.47 Å². The van der Waals surface area contributed by atoms with E-state index in [1.54, 1.807) is 7.11 Å². The van der Waals surface area contributed by atoms with Crippen molar-refractivity contribution in [3.63, 3.8) is 0 Å². The maximum Gasteiger partial charge on any atom is 0.128 e. The maximum atomic E-state index is 6.20. The molecule has 0 saturated heterocycles. The van der Waals surface area contributed by atoms with Crippen LogP contribution in [0.4, 0.5) is 0 Å². The first-order valence-corrected chi connectivity index (χ1v) is 6.85. The zero-order chi connectivity index (χ0) is 14.4. The lowest BCUT2D eigenvalue weighted by molar-refractivity contribution is 0.184. The molecule has 0 heterocycles. The first-order chi connectivity index (χ1) is 9.72. The minimum absolute atomic E-state index is 0.563. The molecule has 2 rings (SSSR count). The summed E-state index contributed by atoms with van der Waals surface area (Å²) < 4.78 is 10.9. The highest BCUT2D eigenvalue weighted by molar-refractivity contribution is 6.31. The third kappa shape index (κ3) is 3.97. The van der Waals surface area contributed by atoms with Crippen molar-refractivity contribution in [1.29, 1.82) is 0 Å². The average molecular weight is 292 g/mol. The fourth-order valence-corrected chi connectivity index (χ4v) is 2.22. The van der Waals surface area contributed by atoms with Crippen molar-refractivity contribution >= 4 is 11.6 Å². The third-order valence-corrected chi connectivity index (χ3v) is 3.24. The molecule has 0 radical (unpaired) electrons. The van der Waals surface area contributed by atoms with Crippen molar-refractivity contribution in [3.05, 3.63) is 58.6 Å². The highest BCUT2D eigenvalue weighted by Gasteiger charge is 2.04. The average Bonchev–Trinajstić information content (AvgIpc) is 2.43. The van der Waals surface area contributed by atoms with Gasteiger partial charge in [0.05, 0.1) is 6.61 Å². The summed E-state index contributed by atoms with van der Waals surface area (Å²) in [5, 5.41) is 0.681. The number of ether oxygens (including phenoxy) is 2. The van der Waals surface area contributed by atoms with Crippen LogP contribution in [0, 0.1) is 0 Å². The Morgan fingerprint density at radius 3 is 2.60 bits per heavy atom. The van der Waals surface area contributed by atoms with E-state index in [-0.39, 0.29) is 0 Å². The molecule has 0 aliphatic heterocycles. The van der Waals surface area contributed by atoms with Crippen LogP contribution in [0.1, 0.15) is 11.1 Å². The topological polar surface area (TPSA) is 44.5 Å². The summed E-state index contributed by atoms with van der Waals surface area (Å²) in [6, 6.07) is 13.5. The predicted octanol–water partition coefficient (Wildman–Crippen LogP) is 3.78. The van der Waals surface area contributed by atoms with Crippen LogP contribution in [0.3, 0.4) is 0 Å². The van der Waals surface area contributed by atoms with Gasteiger partial charge in [-0.25, -0.2) is 0 Å². The van der Waals surface area contributed by atoms with E-state index < -0.39 is 0 Å². The Kier molecular flexibility index (Phi) is 5.41. The number of methoxy groups -OCH3 is 1. The van der Waals surface area contributed by atoms with E-state index in [0.29, 0.717) is 23.9 Å². The van der Waals surface area contributed by atoms with Crippen LogP contribution in [0.5, 0.6) is 11.5 Å². The van der Waals surface area contributed by atoms with Crippen LogP contribution in [0.2, 0.25) is 5.02 Å². The van der Waals surface area contributed by atoms with Crippen LogP contribution in [0.25, 0.3) is 0 Å². The Morgan fingerprint density at radius 2 is 1.90 bits per heavy atom. The van der Waals surface area contributed by atoms with E-state index in [0.717, 1.165) is 23.3 Å². The Hall–Kier alpha value is -1.55. The van der Waals surface area contributed by atoms with Gasteiger partial charge in [0.15, 0.2) is 0 Å². The van der Waals surface area contributed by atoms with E-state index in [1.807, 2.05) is 42.5 Å². The minimum Gasteiger partial charge on any atom is -0.457 e. The van der Waals surface area contributed by atoms with Crippen molar-refractivity contribution in [1.82, 2.24) is 0 Å². The Balaban J connectivity index is 2.13. The quantitative estimate of drug-likeness (QED) is 0.881. The maximum absolute atomic E-state index is 6.20. The molecule has 2 aromatic carbocycles. The molecule has 0 aromatic heterocycles. The monoisotopic (exact) mass is 291 g/mol. The Bertz CT molecular complexity index is 572. The predicted molar refractivity (Wildman–Crippen MR) is 81.4 cm³/mol. The zero-order valence-corrected chi connectivity index (χ0v) is 12.2. The van der Waals surface area contributed by atoms with E-state index >= 15 is 0 Å². The highest BCUT2D eigenvalue weighted by Crippen LogP contribution is 2.27. The molecule has 0 unspecified atom stereocenters. The lowest BCUT2D eigenvalue weighted by Gasteiger charge is -2.09. The van der Waals surface area contributed by atoms with Gasteiger partial charge >= 0.3 is 0 Å². The summed E-state index contributed by atoms with van der Waals surface area (Å²) in [5.74, 6) is 1.48.